The Kier molecular flexibility index (Phi) is 4.19. The van der Waals surface area contributed by atoms with E-state index in [2.05, 4.69) is 5.32 Å². The molecule has 4 rings (SSSR count). The van der Waals surface area contributed by atoms with E-state index in [9.17, 15) is 19.2 Å². The van der Waals surface area contributed by atoms with Crippen LogP contribution in [0, 0.1) is 6.92 Å². The van der Waals surface area contributed by atoms with Crippen molar-refractivity contribution in [1.29, 1.82) is 0 Å². The molecule has 0 unspecified atom stereocenters. The van der Waals surface area contributed by atoms with Gasteiger partial charge in [-0.15, -0.1) is 0 Å². The first-order valence-corrected chi connectivity index (χ1v) is 8.91. The molecule has 8 heteroatoms. The molecule has 0 bridgehead atoms. The summed E-state index contributed by atoms with van der Waals surface area (Å²) in [5.41, 5.74) is 2.98. The molecule has 1 aliphatic heterocycles. The molecule has 1 saturated heterocycles. The minimum absolute atomic E-state index is 0.162. The average Bonchev–Trinajstić information content (AvgIpc) is 2.90. The third-order valence-corrected chi connectivity index (χ3v) is 5.00. The Balaban J connectivity index is 1.78. The molecule has 0 aliphatic carbocycles. The number of fused-ring (bicyclic) bond motifs is 1. The number of nitrogens with one attached hydrogen (secondary N) is 1. The highest BCUT2D eigenvalue weighted by molar-refractivity contribution is 6.39. The number of benzene rings is 2. The Morgan fingerprint density at radius 1 is 0.862 bits per heavy atom. The highest BCUT2D eigenvalue weighted by Gasteiger charge is 2.36. The lowest BCUT2D eigenvalue weighted by Gasteiger charge is -2.26. The zero-order chi connectivity index (χ0) is 20.9. The van der Waals surface area contributed by atoms with Crippen molar-refractivity contribution in [2.45, 2.75) is 6.92 Å². The first-order chi connectivity index (χ1) is 13.8. The monoisotopic (exact) mass is 390 g/mol. The summed E-state index contributed by atoms with van der Waals surface area (Å²) >= 11 is 0. The number of urea groups is 1. The first-order valence-electron chi connectivity index (χ1n) is 8.91. The van der Waals surface area contributed by atoms with Crippen LogP contribution in [-0.4, -0.2) is 27.0 Å². The number of rotatable bonds is 2. The maximum atomic E-state index is 12.9. The lowest BCUT2D eigenvalue weighted by Crippen LogP contribution is -2.54. The molecule has 1 aromatic heterocycles. The first kappa shape index (κ1) is 18.4. The van der Waals surface area contributed by atoms with Gasteiger partial charge in [-0.2, -0.15) is 0 Å². The molecule has 8 nitrogen and oxygen atoms in total. The number of imide groups is 2. The number of amides is 4. The lowest BCUT2D eigenvalue weighted by molar-refractivity contribution is -0.122. The van der Waals surface area contributed by atoms with E-state index in [4.69, 9.17) is 0 Å². The SMILES string of the molecule is Cc1ccc(N2C(=O)NC(=O)/C(=C\c3ccc4c(c3)n(C)c(=O)n4C)C2=O)cc1. The third-order valence-electron chi connectivity index (χ3n) is 5.00. The molecule has 0 spiro atoms. The van der Waals surface area contributed by atoms with Crippen molar-refractivity contribution in [3.05, 3.63) is 69.6 Å². The largest absolute Gasteiger partial charge is 0.335 e. The summed E-state index contributed by atoms with van der Waals surface area (Å²) in [6.07, 6.45) is 1.42. The molecule has 0 saturated carbocycles. The number of barbiturate groups is 1. The fraction of sp³-hybridized carbons (Fsp3) is 0.143. The second-order valence-electron chi connectivity index (χ2n) is 6.94. The molecule has 1 fully saturated rings. The van der Waals surface area contributed by atoms with Gasteiger partial charge in [-0.3, -0.25) is 24.0 Å². The summed E-state index contributed by atoms with van der Waals surface area (Å²) in [5.74, 6) is -1.46. The number of imidazole rings is 1. The Bertz CT molecular complexity index is 1280. The van der Waals surface area contributed by atoms with Crippen molar-refractivity contribution in [3.8, 4) is 0 Å². The molecule has 29 heavy (non-hydrogen) atoms. The van der Waals surface area contributed by atoms with Crippen molar-refractivity contribution >= 4 is 40.6 Å². The molecule has 2 aromatic carbocycles. The zero-order valence-corrected chi connectivity index (χ0v) is 16.1. The second kappa shape index (κ2) is 6.59. The van der Waals surface area contributed by atoms with Crippen molar-refractivity contribution in [1.82, 2.24) is 14.5 Å². The van der Waals surface area contributed by atoms with Crippen LogP contribution in [0.25, 0.3) is 17.1 Å². The number of nitrogens with zero attached hydrogens (tertiary/aromatic N) is 3. The number of hydrogen-bond acceptors (Lipinski definition) is 4. The second-order valence-corrected chi connectivity index (χ2v) is 6.94. The van der Waals surface area contributed by atoms with Gasteiger partial charge in [0.1, 0.15) is 5.57 Å². The third kappa shape index (κ3) is 2.94. The summed E-state index contributed by atoms with van der Waals surface area (Å²) in [6, 6.07) is 11.2. The quantitative estimate of drug-likeness (QED) is 0.534. The smallest absolute Gasteiger partial charge is 0.295 e. The lowest BCUT2D eigenvalue weighted by atomic mass is 10.1. The van der Waals surface area contributed by atoms with Crippen LogP contribution in [0.15, 0.2) is 52.8 Å². The van der Waals surface area contributed by atoms with Crippen LogP contribution in [0.5, 0.6) is 0 Å². The van der Waals surface area contributed by atoms with Crippen LogP contribution < -0.4 is 15.9 Å². The standard InChI is InChI=1S/C21H18N4O4/c1-12-4-7-14(8-5-12)25-19(27)15(18(26)22-20(25)28)10-13-6-9-16-17(11-13)24(3)21(29)23(16)2/h4-11H,1-3H3,(H,22,26,28)/b15-10+. The van der Waals surface area contributed by atoms with E-state index in [1.165, 1.54) is 15.2 Å². The van der Waals surface area contributed by atoms with Gasteiger partial charge < -0.3 is 0 Å². The van der Waals surface area contributed by atoms with E-state index >= 15 is 0 Å². The number of aryl methyl sites for hydroxylation is 3. The fourth-order valence-corrected chi connectivity index (χ4v) is 3.37. The Labute approximate surface area is 165 Å². The van der Waals surface area contributed by atoms with Crippen LogP contribution in [0.2, 0.25) is 0 Å². The van der Waals surface area contributed by atoms with Gasteiger partial charge in [-0.1, -0.05) is 23.8 Å². The number of carbonyl (C=O) groups excluding carboxylic acids is 3. The number of carbonyl (C=O) groups is 3. The van der Waals surface area contributed by atoms with E-state index in [1.807, 2.05) is 6.92 Å². The predicted octanol–water partition coefficient (Wildman–Crippen LogP) is 1.85. The molecule has 2 heterocycles. The summed E-state index contributed by atoms with van der Waals surface area (Å²) in [7, 11) is 3.32. The van der Waals surface area contributed by atoms with E-state index < -0.39 is 17.8 Å². The van der Waals surface area contributed by atoms with Gasteiger partial charge >= 0.3 is 11.7 Å². The van der Waals surface area contributed by atoms with Crippen molar-refractivity contribution in [3.63, 3.8) is 0 Å². The molecular weight excluding hydrogens is 372 g/mol. The Morgan fingerprint density at radius 3 is 2.21 bits per heavy atom. The van der Waals surface area contributed by atoms with E-state index in [0.29, 0.717) is 16.8 Å². The van der Waals surface area contributed by atoms with Crippen LogP contribution in [0.4, 0.5) is 10.5 Å². The summed E-state index contributed by atoms with van der Waals surface area (Å²) < 4.78 is 3.00. The van der Waals surface area contributed by atoms with Crippen LogP contribution in [-0.2, 0) is 23.7 Å². The number of aromatic nitrogens is 2. The zero-order valence-electron chi connectivity index (χ0n) is 16.1. The average molecular weight is 390 g/mol. The number of hydrogen-bond donors (Lipinski definition) is 1. The molecule has 3 aromatic rings. The van der Waals surface area contributed by atoms with Gasteiger partial charge in [0.2, 0.25) is 0 Å². The molecule has 1 aliphatic rings. The summed E-state index contributed by atoms with van der Waals surface area (Å²) in [4.78, 5) is 50.6. The molecular formula is C21H18N4O4. The van der Waals surface area contributed by atoms with Crippen molar-refractivity contribution < 1.29 is 14.4 Å². The molecule has 146 valence electrons. The van der Waals surface area contributed by atoms with Crippen LogP contribution in [0.3, 0.4) is 0 Å². The maximum absolute atomic E-state index is 12.9. The predicted molar refractivity (Wildman–Crippen MR) is 108 cm³/mol. The van der Waals surface area contributed by atoms with Gasteiger partial charge in [-0.05, 0) is 42.8 Å². The van der Waals surface area contributed by atoms with Gasteiger partial charge in [0.05, 0.1) is 16.7 Å². The molecule has 1 N–H and O–H groups in total. The molecule has 0 radical (unpaired) electrons. The van der Waals surface area contributed by atoms with Gasteiger partial charge in [-0.25, -0.2) is 14.5 Å². The minimum Gasteiger partial charge on any atom is -0.295 e. The van der Waals surface area contributed by atoms with Crippen LogP contribution in [0.1, 0.15) is 11.1 Å². The van der Waals surface area contributed by atoms with Gasteiger partial charge in [0, 0.05) is 14.1 Å². The van der Waals surface area contributed by atoms with Gasteiger partial charge in [0.15, 0.2) is 0 Å². The minimum atomic E-state index is -0.790. The van der Waals surface area contributed by atoms with E-state index in [1.54, 1.807) is 56.6 Å². The van der Waals surface area contributed by atoms with Gasteiger partial charge in [0.25, 0.3) is 11.8 Å². The fourth-order valence-electron chi connectivity index (χ4n) is 3.37. The van der Waals surface area contributed by atoms with Crippen LogP contribution >= 0.6 is 0 Å². The van der Waals surface area contributed by atoms with E-state index in [0.717, 1.165) is 16.0 Å². The number of anilines is 1. The topological polar surface area (TPSA) is 93.4 Å². The Hall–Kier alpha value is -3.94. The highest BCUT2D eigenvalue weighted by Crippen LogP contribution is 2.23. The summed E-state index contributed by atoms with van der Waals surface area (Å²) in [5, 5.41) is 2.20. The molecule has 0 atom stereocenters. The summed E-state index contributed by atoms with van der Waals surface area (Å²) in [6.45, 7) is 1.89. The molecule has 4 amide bonds. The normalized spacial score (nSPS) is 16.0. The maximum Gasteiger partial charge on any atom is 0.335 e. The van der Waals surface area contributed by atoms with Crippen molar-refractivity contribution in [2.24, 2.45) is 14.1 Å². The van der Waals surface area contributed by atoms with E-state index in [-0.39, 0.29) is 11.3 Å². The Morgan fingerprint density at radius 2 is 1.52 bits per heavy atom. The highest BCUT2D eigenvalue weighted by atomic mass is 16.2. The van der Waals surface area contributed by atoms with Crippen molar-refractivity contribution in [2.75, 3.05) is 4.90 Å².